The number of nitrogens with two attached hydrogens (primary N) is 1. The zero-order valence-corrected chi connectivity index (χ0v) is 15.4. The summed E-state index contributed by atoms with van der Waals surface area (Å²) in [7, 11) is 1.50. The monoisotopic (exact) mass is 377 g/mol. The molecule has 9 nitrogen and oxygen atoms in total. The standard InChI is InChI=1S/C18H23N3O6/c1-10(2)15(16(23)20-18(19)25)27-17(24)11-8-14(22)21(9-11)12-6-4-5-7-13(12)26-3/h4-7,10-11,15H,8-9H2,1-3H3,(H3,19,20,23,25)/t11-,15+/m0/s1. The lowest BCUT2D eigenvalue weighted by Crippen LogP contribution is -2.46. The van der Waals surface area contributed by atoms with Gasteiger partial charge in [0.1, 0.15) is 5.75 Å². The first-order chi connectivity index (χ1) is 12.7. The molecule has 1 fully saturated rings. The van der Waals surface area contributed by atoms with Gasteiger partial charge in [0.25, 0.3) is 5.91 Å². The van der Waals surface area contributed by atoms with Crippen LogP contribution in [0.2, 0.25) is 0 Å². The second-order valence-corrected chi connectivity index (χ2v) is 6.53. The highest BCUT2D eigenvalue weighted by Crippen LogP contribution is 2.33. The van der Waals surface area contributed by atoms with E-state index in [2.05, 4.69) is 0 Å². The van der Waals surface area contributed by atoms with Crippen LogP contribution < -0.4 is 20.7 Å². The summed E-state index contributed by atoms with van der Waals surface area (Å²) in [4.78, 5) is 49.2. The number of amides is 4. The van der Waals surface area contributed by atoms with E-state index in [1.54, 1.807) is 38.1 Å². The van der Waals surface area contributed by atoms with Gasteiger partial charge in [-0.3, -0.25) is 19.7 Å². The maximum Gasteiger partial charge on any atom is 0.318 e. The maximum atomic E-state index is 12.5. The van der Waals surface area contributed by atoms with Crippen LogP contribution in [0.15, 0.2) is 24.3 Å². The molecule has 4 amide bonds. The fourth-order valence-electron chi connectivity index (χ4n) is 2.86. The molecule has 1 aliphatic heterocycles. The number of imide groups is 1. The second-order valence-electron chi connectivity index (χ2n) is 6.53. The molecule has 146 valence electrons. The first-order valence-electron chi connectivity index (χ1n) is 8.48. The molecular formula is C18H23N3O6. The fourth-order valence-corrected chi connectivity index (χ4v) is 2.86. The van der Waals surface area contributed by atoms with Crippen molar-refractivity contribution in [1.29, 1.82) is 0 Å². The molecular weight excluding hydrogens is 354 g/mol. The minimum absolute atomic E-state index is 0.0425. The number of methoxy groups -OCH3 is 1. The molecule has 0 saturated carbocycles. The van der Waals surface area contributed by atoms with E-state index >= 15 is 0 Å². The van der Waals surface area contributed by atoms with Gasteiger partial charge >= 0.3 is 12.0 Å². The number of primary amides is 1. The average Bonchev–Trinajstić information content (AvgIpc) is 3.00. The molecule has 1 aliphatic rings. The van der Waals surface area contributed by atoms with Crippen LogP contribution in [0.4, 0.5) is 10.5 Å². The zero-order valence-electron chi connectivity index (χ0n) is 15.4. The Hall–Kier alpha value is -3.10. The summed E-state index contributed by atoms with van der Waals surface area (Å²) in [6.45, 7) is 3.44. The molecule has 2 atom stereocenters. The predicted molar refractivity (Wildman–Crippen MR) is 95.9 cm³/mol. The number of benzene rings is 1. The van der Waals surface area contributed by atoms with E-state index in [-0.39, 0.29) is 24.8 Å². The number of ether oxygens (including phenoxy) is 2. The number of nitrogens with one attached hydrogen (secondary N) is 1. The van der Waals surface area contributed by atoms with E-state index < -0.39 is 29.9 Å². The van der Waals surface area contributed by atoms with E-state index in [1.807, 2.05) is 5.32 Å². The highest BCUT2D eigenvalue weighted by Gasteiger charge is 2.39. The average molecular weight is 377 g/mol. The van der Waals surface area contributed by atoms with Crippen LogP contribution in [0.5, 0.6) is 5.75 Å². The van der Waals surface area contributed by atoms with Crippen LogP contribution in [0.25, 0.3) is 0 Å². The summed E-state index contributed by atoms with van der Waals surface area (Å²) in [6.07, 6.45) is -1.22. The number of hydrogen-bond acceptors (Lipinski definition) is 6. The van der Waals surface area contributed by atoms with Crippen LogP contribution >= 0.6 is 0 Å². The molecule has 1 aromatic carbocycles. The number of anilines is 1. The van der Waals surface area contributed by atoms with Gasteiger partial charge in [0.2, 0.25) is 5.91 Å². The first kappa shape index (κ1) is 20.2. The van der Waals surface area contributed by atoms with Crippen LogP contribution in [-0.4, -0.2) is 43.6 Å². The SMILES string of the molecule is COc1ccccc1N1C[C@@H](C(=O)O[C@@H](C(=O)NC(N)=O)C(C)C)CC1=O. The maximum absolute atomic E-state index is 12.5. The van der Waals surface area contributed by atoms with Crippen LogP contribution in [0.1, 0.15) is 20.3 Å². The van der Waals surface area contributed by atoms with Gasteiger partial charge in [-0.25, -0.2) is 4.79 Å². The molecule has 0 bridgehead atoms. The molecule has 27 heavy (non-hydrogen) atoms. The Morgan fingerprint density at radius 3 is 2.52 bits per heavy atom. The molecule has 1 saturated heterocycles. The zero-order chi connectivity index (χ0) is 20.1. The topological polar surface area (TPSA) is 128 Å². The molecule has 2 rings (SSSR count). The first-order valence-corrected chi connectivity index (χ1v) is 8.48. The molecule has 1 aromatic rings. The molecule has 0 aliphatic carbocycles. The van der Waals surface area contributed by atoms with Gasteiger partial charge in [-0.1, -0.05) is 26.0 Å². The van der Waals surface area contributed by atoms with Gasteiger partial charge in [0, 0.05) is 13.0 Å². The lowest BCUT2D eigenvalue weighted by Gasteiger charge is -2.22. The molecule has 0 radical (unpaired) electrons. The third kappa shape index (κ3) is 4.75. The second kappa shape index (κ2) is 8.52. The summed E-state index contributed by atoms with van der Waals surface area (Å²) in [6, 6.07) is 5.96. The number of nitrogens with zero attached hydrogens (tertiary/aromatic N) is 1. The number of esters is 1. The Labute approximate surface area is 156 Å². The van der Waals surface area contributed by atoms with E-state index in [1.165, 1.54) is 12.0 Å². The summed E-state index contributed by atoms with van der Waals surface area (Å²) >= 11 is 0. The molecule has 0 spiro atoms. The van der Waals surface area contributed by atoms with Crippen LogP contribution in [-0.2, 0) is 19.1 Å². The number of carbonyl (C=O) groups is 4. The van der Waals surface area contributed by atoms with E-state index in [4.69, 9.17) is 15.2 Å². The van der Waals surface area contributed by atoms with Gasteiger partial charge in [0.15, 0.2) is 6.10 Å². The minimum atomic E-state index is -1.18. The number of hydrogen-bond donors (Lipinski definition) is 2. The van der Waals surface area contributed by atoms with Gasteiger partial charge in [-0.2, -0.15) is 0 Å². The summed E-state index contributed by atoms with van der Waals surface area (Å²) in [5, 5.41) is 1.91. The van der Waals surface area contributed by atoms with Crippen LogP contribution in [0.3, 0.4) is 0 Å². The molecule has 9 heteroatoms. The number of urea groups is 1. The minimum Gasteiger partial charge on any atom is -0.495 e. The van der Waals surface area contributed by atoms with Crippen molar-refractivity contribution in [3.63, 3.8) is 0 Å². The van der Waals surface area contributed by atoms with Crippen molar-refractivity contribution in [1.82, 2.24) is 5.32 Å². The van der Waals surface area contributed by atoms with Crippen LogP contribution in [0, 0.1) is 11.8 Å². The normalized spacial score (nSPS) is 17.6. The Morgan fingerprint density at radius 2 is 1.93 bits per heavy atom. The fraction of sp³-hybridized carbons (Fsp3) is 0.444. The van der Waals surface area contributed by atoms with Crippen molar-refractivity contribution in [2.45, 2.75) is 26.4 Å². The third-order valence-electron chi connectivity index (χ3n) is 4.19. The number of carbonyl (C=O) groups excluding carboxylic acids is 4. The summed E-state index contributed by atoms with van der Waals surface area (Å²) in [5.74, 6) is -2.32. The molecule has 3 N–H and O–H groups in total. The van der Waals surface area contributed by atoms with Crippen molar-refractivity contribution >= 4 is 29.5 Å². The van der Waals surface area contributed by atoms with Crippen molar-refractivity contribution < 1.29 is 28.7 Å². The quantitative estimate of drug-likeness (QED) is 0.706. The Kier molecular flexibility index (Phi) is 6.38. The lowest BCUT2D eigenvalue weighted by atomic mass is 10.1. The highest BCUT2D eigenvalue weighted by atomic mass is 16.5. The van der Waals surface area contributed by atoms with Crippen molar-refractivity contribution in [2.24, 2.45) is 17.6 Å². The Bertz CT molecular complexity index is 748. The summed E-state index contributed by atoms with van der Waals surface area (Å²) in [5.41, 5.74) is 5.50. The van der Waals surface area contributed by atoms with Gasteiger partial charge in [-0.05, 0) is 18.1 Å². The smallest absolute Gasteiger partial charge is 0.318 e. The van der Waals surface area contributed by atoms with E-state index in [0.717, 1.165) is 0 Å². The third-order valence-corrected chi connectivity index (χ3v) is 4.19. The molecule has 0 unspecified atom stereocenters. The number of para-hydroxylation sites is 2. The lowest BCUT2D eigenvalue weighted by molar-refractivity contribution is -0.161. The van der Waals surface area contributed by atoms with E-state index in [0.29, 0.717) is 11.4 Å². The Balaban J connectivity index is 2.10. The van der Waals surface area contributed by atoms with E-state index in [9.17, 15) is 19.2 Å². The molecule has 0 aromatic heterocycles. The largest absolute Gasteiger partial charge is 0.495 e. The number of rotatable bonds is 6. The summed E-state index contributed by atoms with van der Waals surface area (Å²) < 4.78 is 10.5. The highest BCUT2D eigenvalue weighted by molar-refractivity contribution is 6.01. The van der Waals surface area contributed by atoms with Crippen molar-refractivity contribution in [2.75, 3.05) is 18.6 Å². The Morgan fingerprint density at radius 1 is 1.26 bits per heavy atom. The van der Waals surface area contributed by atoms with Gasteiger partial charge < -0.3 is 20.1 Å². The van der Waals surface area contributed by atoms with Crippen molar-refractivity contribution in [3.8, 4) is 5.75 Å². The van der Waals surface area contributed by atoms with Gasteiger partial charge in [0.05, 0.1) is 18.7 Å². The van der Waals surface area contributed by atoms with Gasteiger partial charge in [-0.15, -0.1) is 0 Å². The van der Waals surface area contributed by atoms with Crippen molar-refractivity contribution in [3.05, 3.63) is 24.3 Å². The predicted octanol–water partition coefficient (Wildman–Crippen LogP) is 0.811. The molecule has 1 heterocycles.